The second-order valence-electron chi connectivity index (χ2n) is 11.0. The van der Waals surface area contributed by atoms with E-state index in [1.807, 2.05) is 60.7 Å². The summed E-state index contributed by atoms with van der Waals surface area (Å²) >= 11 is 0. The van der Waals surface area contributed by atoms with Gasteiger partial charge in [0.2, 0.25) is 0 Å². The first-order chi connectivity index (χ1) is 22.3. The Morgan fingerprint density at radius 2 is 1.00 bits per heavy atom. The fourth-order valence-electron chi connectivity index (χ4n) is 5.74. The Morgan fingerprint density at radius 3 is 1.39 bits per heavy atom. The Balaban J connectivity index is 1.24. The maximum Gasteiger partial charge on any atom is 0.419 e. The highest BCUT2D eigenvalue weighted by Gasteiger charge is 2.33. The summed E-state index contributed by atoms with van der Waals surface area (Å²) in [6.07, 6.45) is 0.506. The summed E-state index contributed by atoms with van der Waals surface area (Å²) in [5.41, 5.74) is 15.9. The summed E-state index contributed by atoms with van der Waals surface area (Å²) in [6.45, 7) is 0. The molecule has 0 aliphatic carbocycles. The van der Waals surface area contributed by atoms with E-state index in [4.69, 9.17) is 29.8 Å². The van der Waals surface area contributed by atoms with E-state index in [-0.39, 0.29) is 12.8 Å². The number of rotatable bonds is 10. The fourth-order valence-corrected chi connectivity index (χ4v) is 5.74. The van der Waals surface area contributed by atoms with E-state index in [2.05, 4.69) is 0 Å². The van der Waals surface area contributed by atoms with Gasteiger partial charge in [0.1, 0.15) is 22.8 Å². The number of benzene rings is 4. The summed E-state index contributed by atoms with van der Waals surface area (Å²) in [5.74, 6) is -5.45. The van der Waals surface area contributed by atoms with Crippen molar-refractivity contribution >= 4 is 33.9 Å². The molecule has 46 heavy (non-hydrogen) atoms. The number of ether oxygens (including phenoxy) is 2. The van der Waals surface area contributed by atoms with Gasteiger partial charge in [0, 0.05) is 33.7 Å². The number of carbonyl (C=O) groups is 2. The summed E-state index contributed by atoms with van der Waals surface area (Å²) in [5, 5.41) is 1.01. The van der Waals surface area contributed by atoms with Gasteiger partial charge in [-0.25, -0.2) is 18.4 Å². The maximum absolute atomic E-state index is 14.6. The molecule has 4 aromatic carbocycles. The zero-order valence-corrected chi connectivity index (χ0v) is 24.5. The molecular weight excluding hydrogens is 594 g/mol. The smallest absolute Gasteiger partial charge is 0.419 e. The molecule has 4 atom stereocenters. The van der Waals surface area contributed by atoms with Crippen molar-refractivity contribution in [3.63, 3.8) is 0 Å². The van der Waals surface area contributed by atoms with Crippen LogP contribution in [0, 0.1) is 11.6 Å². The van der Waals surface area contributed by atoms with Crippen LogP contribution >= 0.6 is 0 Å². The summed E-state index contributed by atoms with van der Waals surface area (Å²) in [6, 6.07) is 26.8. The first kappa shape index (κ1) is 30.7. The molecule has 234 valence electrons. The zero-order valence-electron chi connectivity index (χ0n) is 24.5. The molecule has 0 bridgehead atoms. The number of fused-ring (bicyclic) bond motifs is 2. The van der Waals surface area contributed by atoms with Gasteiger partial charge in [-0.05, 0) is 60.4 Å². The topological polar surface area (TPSA) is 131 Å². The first-order valence-corrected chi connectivity index (χ1v) is 14.6. The molecule has 2 heterocycles. The van der Waals surface area contributed by atoms with Crippen molar-refractivity contribution in [3.05, 3.63) is 143 Å². The molecule has 0 aliphatic heterocycles. The van der Waals surface area contributed by atoms with E-state index >= 15 is 0 Å². The minimum atomic E-state index is -1.40. The normalized spacial score (nSPS) is 14.1. The van der Waals surface area contributed by atoms with E-state index in [9.17, 15) is 18.4 Å². The van der Waals surface area contributed by atoms with Gasteiger partial charge in [-0.3, -0.25) is 11.5 Å². The van der Waals surface area contributed by atoms with Gasteiger partial charge in [-0.2, -0.15) is 0 Å². The van der Waals surface area contributed by atoms with Crippen molar-refractivity contribution < 1.29 is 36.7 Å². The number of hydrogen-bond acceptors (Lipinski definition) is 8. The lowest BCUT2D eigenvalue weighted by Gasteiger charge is -2.26. The zero-order chi connectivity index (χ0) is 32.2. The largest absolute Gasteiger partial charge is 0.464 e. The van der Waals surface area contributed by atoms with Gasteiger partial charge in [0.05, 0.1) is 12.5 Å². The Bertz CT molecular complexity index is 1830. The molecule has 4 unspecified atom stereocenters. The van der Waals surface area contributed by atoms with E-state index in [1.165, 1.54) is 36.8 Å². The standard InChI is InChI=1S/C36H30F2N2O6/c37-25-17-23-11-13-43-31(23)27(19-25)29(15-21-7-3-1-4-8-21)33(39)45-35(41)36(42)46-34(40)30(16-22-9-5-2-6-10-22)28-20-26(38)18-24-12-14-44-32(24)28/h1-14,17-20,29-30,33-34H,15-16,39-40H2. The van der Waals surface area contributed by atoms with Crippen LogP contribution in [0.3, 0.4) is 0 Å². The van der Waals surface area contributed by atoms with Gasteiger partial charge in [-0.1, -0.05) is 60.7 Å². The molecule has 10 heteroatoms. The predicted molar refractivity (Wildman–Crippen MR) is 166 cm³/mol. The molecule has 4 N–H and O–H groups in total. The lowest BCUT2D eigenvalue weighted by atomic mass is 9.89. The average molecular weight is 625 g/mol. The molecule has 6 rings (SSSR count). The van der Waals surface area contributed by atoms with E-state index in [0.717, 1.165) is 11.1 Å². The quantitative estimate of drug-likeness (QED) is 0.101. The molecule has 8 nitrogen and oxygen atoms in total. The highest BCUT2D eigenvalue weighted by atomic mass is 19.1. The van der Waals surface area contributed by atoms with Crippen molar-refractivity contribution in [3.8, 4) is 0 Å². The highest BCUT2D eigenvalue weighted by molar-refractivity contribution is 6.29. The Hall–Kier alpha value is -5.32. The Morgan fingerprint density at radius 1 is 0.609 bits per heavy atom. The van der Waals surface area contributed by atoms with Crippen LogP contribution < -0.4 is 11.5 Å². The van der Waals surface area contributed by atoms with Crippen LogP contribution in [0.2, 0.25) is 0 Å². The van der Waals surface area contributed by atoms with Crippen LogP contribution in [0.25, 0.3) is 21.9 Å². The van der Waals surface area contributed by atoms with Gasteiger partial charge >= 0.3 is 11.9 Å². The minimum Gasteiger partial charge on any atom is -0.464 e. The van der Waals surface area contributed by atoms with Gasteiger partial charge < -0.3 is 18.3 Å². The van der Waals surface area contributed by atoms with Crippen molar-refractivity contribution in [2.75, 3.05) is 0 Å². The number of esters is 2. The van der Waals surface area contributed by atoms with Crippen molar-refractivity contribution in [1.29, 1.82) is 0 Å². The monoisotopic (exact) mass is 624 g/mol. The number of nitrogens with two attached hydrogens (primary N) is 2. The van der Waals surface area contributed by atoms with E-state index < -0.39 is 47.9 Å². The second kappa shape index (κ2) is 13.4. The Kier molecular flexibility index (Phi) is 8.91. The molecule has 2 aromatic heterocycles. The maximum atomic E-state index is 14.6. The van der Waals surface area contributed by atoms with Crippen LogP contribution in [-0.2, 0) is 31.9 Å². The molecule has 0 spiro atoms. The summed E-state index contributed by atoms with van der Waals surface area (Å²) in [7, 11) is 0. The average Bonchev–Trinajstić information content (AvgIpc) is 3.72. The van der Waals surface area contributed by atoms with Gasteiger partial charge in [0.15, 0.2) is 12.5 Å². The van der Waals surface area contributed by atoms with Crippen LogP contribution in [0.4, 0.5) is 8.78 Å². The molecular formula is C36H30F2N2O6. The highest BCUT2D eigenvalue weighted by Crippen LogP contribution is 2.34. The first-order valence-electron chi connectivity index (χ1n) is 14.6. The molecule has 0 radical (unpaired) electrons. The van der Waals surface area contributed by atoms with Gasteiger partial charge in [0.25, 0.3) is 0 Å². The predicted octanol–water partition coefficient (Wildman–Crippen LogP) is 6.47. The van der Waals surface area contributed by atoms with Crippen LogP contribution in [0.5, 0.6) is 0 Å². The number of halogens is 2. The van der Waals surface area contributed by atoms with Crippen LogP contribution in [0.1, 0.15) is 34.1 Å². The van der Waals surface area contributed by atoms with Crippen LogP contribution in [-0.4, -0.2) is 24.4 Å². The lowest BCUT2D eigenvalue weighted by molar-refractivity contribution is -0.175. The van der Waals surface area contributed by atoms with Crippen molar-refractivity contribution in [1.82, 2.24) is 0 Å². The summed E-state index contributed by atoms with van der Waals surface area (Å²) in [4.78, 5) is 26.2. The van der Waals surface area contributed by atoms with E-state index in [0.29, 0.717) is 33.1 Å². The van der Waals surface area contributed by atoms with Crippen molar-refractivity contribution in [2.24, 2.45) is 11.5 Å². The lowest BCUT2D eigenvalue weighted by Crippen LogP contribution is -2.41. The number of furan rings is 2. The molecule has 0 saturated carbocycles. The third-order valence-electron chi connectivity index (χ3n) is 7.93. The number of carbonyl (C=O) groups excluding carboxylic acids is 2. The van der Waals surface area contributed by atoms with Crippen molar-refractivity contribution in [2.45, 2.75) is 37.1 Å². The third kappa shape index (κ3) is 6.68. The molecule has 0 fully saturated rings. The third-order valence-corrected chi connectivity index (χ3v) is 7.93. The van der Waals surface area contributed by atoms with Gasteiger partial charge in [-0.15, -0.1) is 0 Å². The van der Waals surface area contributed by atoms with Crippen LogP contribution in [0.15, 0.2) is 118 Å². The second-order valence-corrected chi connectivity index (χ2v) is 11.0. The Labute approximate surface area is 262 Å². The molecule has 0 saturated heterocycles. The SMILES string of the molecule is NC(OC(=O)C(=O)OC(N)C(Cc1ccccc1)c1cc(F)cc2ccoc12)C(Cc1ccccc1)c1cc(F)cc2ccoc12. The summed E-state index contributed by atoms with van der Waals surface area (Å²) < 4.78 is 51.3. The molecule has 0 amide bonds. The molecule has 0 aliphatic rings. The van der Waals surface area contributed by atoms with E-state index in [1.54, 1.807) is 12.1 Å². The molecule has 6 aromatic rings. The fraction of sp³-hybridized carbons (Fsp3) is 0.167. The minimum absolute atomic E-state index is 0.237. The number of hydrogen-bond donors (Lipinski definition) is 2.